The number of carbonyl (C=O) groups excluding carboxylic acids is 1. The van der Waals surface area contributed by atoms with Crippen molar-refractivity contribution >= 4 is 29.0 Å². The highest BCUT2D eigenvalue weighted by molar-refractivity contribution is 7.80. The molecule has 1 aromatic rings. The van der Waals surface area contributed by atoms with Crippen molar-refractivity contribution in [1.82, 2.24) is 10.6 Å². The van der Waals surface area contributed by atoms with Crippen LogP contribution in [0.3, 0.4) is 0 Å². The first kappa shape index (κ1) is 21.2. The molecule has 0 bridgehead atoms. The van der Waals surface area contributed by atoms with Gasteiger partial charge in [0.2, 0.25) is 0 Å². The van der Waals surface area contributed by atoms with E-state index in [9.17, 15) is 4.79 Å². The number of esters is 1. The van der Waals surface area contributed by atoms with Gasteiger partial charge in [-0.25, -0.2) is 4.79 Å². The van der Waals surface area contributed by atoms with Gasteiger partial charge < -0.3 is 25.0 Å². The van der Waals surface area contributed by atoms with Crippen molar-refractivity contribution in [3.63, 3.8) is 0 Å². The molecule has 148 valence electrons. The average molecular weight is 392 g/mol. The summed E-state index contributed by atoms with van der Waals surface area (Å²) >= 11 is 5.29. The van der Waals surface area contributed by atoms with Crippen molar-refractivity contribution in [3.05, 3.63) is 41.1 Å². The third kappa shape index (κ3) is 5.43. The number of rotatable bonds is 9. The number of hydrogen-bond donors (Lipinski definition) is 2. The Morgan fingerprint density at radius 2 is 1.81 bits per heavy atom. The summed E-state index contributed by atoms with van der Waals surface area (Å²) in [6.45, 7) is 11.1. The minimum Gasteiger partial charge on any atom is -0.460 e. The first-order valence-corrected chi connectivity index (χ1v) is 9.80. The lowest BCUT2D eigenvalue weighted by molar-refractivity contribution is -0.141. The molecule has 1 atom stereocenters. The molecule has 0 aromatic heterocycles. The summed E-state index contributed by atoms with van der Waals surface area (Å²) in [6.07, 6.45) is 0. The van der Waals surface area contributed by atoms with Crippen LogP contribution in [0, 0.1) is 0 Å². The largest absolute Gasteiger partial charge is 0.460 e. The lowest BCUT2D eigenvalue weighted by Crippen LogP contribution is -2.45. The second kappa shape index (κ2) is 10.3. The number of benzene rings is 1. The van der Waals surface area contributed by atoms with E-state index < -0.39 is 0 Å². The number of carbonyl (C=O) groups is 1. The zero-order chi connectivity index (χ0) is 19.8. The van der Waals surface area contributed by atoms with Crippen molar-refractivity contribution in [2.45, 2.75) is 33.7 Å². The molecule has 0 amide bonds. The van der Waals surface area contributed by atoms with Gasteiger partial charge in [0, 0.05) is 31.1 Å². The number of anilines is 1. The first-order chi connectivity index (χ1) is 13.0. The van der Waals surface area contributed by atoms with Gasteiger partial charge >= 0.3 is 5.97 Å². The molecule has 1 aliphatic rings. The Morgan fingerprint density at radius 3 is 2.41 bits per heavy atom. The van der Waals surface area contributed by atoms with Crippen LogP contribution in [0.15, 0.2) is 35.5 Å². The molecule has 2 N–H and O–H groups in total. The fourth-order valence-corrected chi connectivity index (χ4v) is 3.37. The molecule has 0 aliphatic carbocycles. The average Bonchev–Trinajstić information content (AvgIpc) is 2.66. The number of thiocarbonyl (C=S) groups is 1. The first-order valence-electron chi connectivity index (χ1n) is 9.39. The molecule has 0 saturated heterocycles. The summed E-state index contributed by atoms with van der Waals surface area (Å²) < 4.78 is 10.6. The van der Waals surface area contributed by atoms with E-state index in [0.717, 1.165) is 24.3 Å². The van der Waals surface area contributed by atoms with Gasteiger partial charge in [-0.2, -0.15) is 0 Å². The molecule has 1 unspecified atom stereocenters. The molecular formula is C20H29N3O3S. The van der Waals surface area contributed by atoms with Crippen LogP contribution in [0.25, 0.3) is 0 Å². The molecule has 0 saturated carbocycles. The SMILES string of the molecule is CCOCCOC(=O)C1=C(C)NC(=S)NC1c1ccc(N(CC)CC)cc1. The van der Waals surface area contributed by atoms with E-state index in [1.165, 1.54) is 0 Å². The van der Waals surface area contributed by atoms with Crippen molar-refractivity contribution in [1.29, 1.82) is 0 Å². The van der Waals surface area contributed by atoms with Crippen molar-refractivity contribution in [3.8, 4) is 0 Å². The van der Waals surface area contributed by atoms with E-state index in [-0.39, 0.29) is 18.6 Å². The van der Waals surface area contributed by atoms with Gasteiger partial charge in [-0.1, -0.05) is 12.1 Å². The minimum atomic E-state index is -0.368. The van der Waals surface area contributed by atoms with Crippen molar-refractivity contribution in [2.75, 3.05) is 37.8 Å². The highest BCUT2D eigenvalue weighted by Crippen LogP contribution is 2.29. The monoisotopic (exact) mass is 391 g/mol. The fourth-order valence-electron chi connectivity index (χ4n) is 3.10. The summed E-state index contributed by atoms with van der Waals surface area (Å²) in [5.41, 5.74) is 3.36. The highest BCUT2D eigenvalue weighted by Gasteiger charge is 2.31. The normalized spacial score (nSPS) is 16.6. The van der Waals surface area contributed by atoms with Gasteiger partial charge in [-0.05, 0) is 57.6 Å². The van der Waals surface area contributed by atoms with E-state index in [0.29, 0.717) is 29.6 Å². The van der Waals surface area contributed by atoms with Gasteiger partial charge in [0.25, 0.3) is 0 Å². The van der Waals surface area contributed by atoms with Gasteiger partial charge in [0.05, 0.1) is 18.2 Å². The maximum absolute atomic E-state index is 12.7. The van der Waals surface area contributed by atoms with Gasteiger partial charge in [0.15, 0.2) is 5.11 Å². The Hall–Kier alpha value is -2.12. The fraction of sp³-hybridized carbons (Fsp3) is 0.500. The van der Waals surface area contributed by atoms with E-state index in [2.05, 4.69) is 41.5 Å². The van der Waals surface area contributed by atoms with Gasteiger partial charge in [-0.15, -0.1) is 0 Å². The molecule has 27 heavy (non-hydrogen) atoms. The van der Waals surface area contributed by atoms with Gasteiger partial charge in [0.1, 0.15) is 6.61 Å². The Morgan fingerprint density at radius 1 is 1.15 bits per heavy atom. The Labute approximate surface area is 166 Å². The van der Waals surface area contributed by atoms with Crippen LogP contribution in [0.2, 0.25) is 0 Å². The van der Waals surface area contributed by atoms with Gasteiger partial charge in [-0.3, -0.25) is 0 Å². The lowest BCUT2D eigenvalue weighted by atomic mass is 9.95. The standard InChI is InChI=1S/C20H29N3O3S/c1-5-23(6-2)16-10-8-15(9-11-16)18-17(14(4)21-20(27)22-18)19(24)26-13-12-25-7-3/h8-11,18H,5-7,12-13H2,1-4H3,(H2,21,22,27). The Bertz CT molecular complexity index is 684. The summed E-state index contributed by atoms with van der Waals surface area (Å²) in [5.74, 6) is -0.368. The van der Waals surface area contributed by atoms with E-state index in [1.807, 2.05) is 26.0 Å². The van der Waals surface area contributed by atoms with Crippen LogP contribution >= 0.6 is 12.2 Å². The Kier molecular flexibility index (Phi) is 8.06. The predicted molar refractivity (Wildman–Crippen MR) is 112 cm³/mol. The van der Waals surface area contributed by atoms with E-state index in [4.69, 9.17) is 21.7 Å². The molecule has 1 aliphatic heterocycles. The summed E-state index contributed by atoms with van der Waals surface area (Å²) in [7, 11) is 0. The second-order valence-electron chi connectivity index (χ2n) is 6.17. The van der Waals surface area contributed by atoms with Crippen LogP contribution < -0.4 is 15.5 Å². The van der Waals surface area contributed by atoms with Crippen LogP contribution in [0.5, 0.6) is 0 Å². The van der Waals surface area contributed by atoms with Crippen LogP contribution in [0.4, 0.5) is 5.69 Å². The molecule has 1 heterocycles. The summed E-state index contributed by atoms with van der Waals surface area (Å²) in [5, 5.41) is 6.70. The third-order valence-corrected chi connectivity index (χ3v) is 4.73. The number of ether oxygens (including phenoxy) is 2. The minimum absolute atomic E-state index is 0.224. The molecular weight excluding hydrogens is 362 g/mol. The molecule has 2 rings (SSSR count). The summed E-state index contributed by atoms with van der Waals surface area (Å²) in [4.78, 5) is 14.9. The second-order valence-corrected chi connectivity index (χ2v) is 6.58. The Balaban J connectivity index is 2.22. The van der Waals surface area contributed by atoms with E-state index >= 15 is 0 Å². The number of allylic oxidation sites excluding steroid dienone is 1. The van der Waals surface area contributed by atoms with Crippen LogP contribution in [-0.4, -0.2) is 44.0 Å². The van der Waals surface area contributed by atoms with Crippen LogP contribution in [-0.2, 0) is 14.3 Å². The zero-order valence-corrected chi connectivity index (χ0v) is 17.3. The number of nitrogens with one attached hydrogen (secondary N) is 2. The maximum atomic E-state index is 12.7. The molecule has 6 nitrogen and oxygen atoms in total. The predicted octanol–water partition coefficient (Wildman–Crippen LogP) is 2.91. The maximum Gasteiger partial charge on any atom is 0.338 e. The van der Waals surface area contributed by atoms with E-state index in [1.54, 1.807) is 0 Å². The molecule has 7 heteroatoms. The molecule has 0 fully saturated rings. The highest BCUT2D eigenvalue weighted by atomic mass is 32.1. The number of nitrogens with zero attached hydrogens (tertiary/aromatic N) is 1. The zero-order valence-electron chi connectivity index (χ0n) is 16.5. The quantitative estimate of drug-likeness (QED) is 0.381. The lowest BCUT2D eigenvalue weighted by Gasteiger charge is -2.30. The molecule has 1 aromatic carbocycles. The molecule has 0 radical (unpaired) electrons. The smallest absolute Gasteiger partial charge is 0.338 e. The molecule has 0 spiro atoms. The topological polar surface area (TPSA) is 62.8 Å². The van der Waals surface area contributed by atoms with Crippen molar-refractivity contribution in [2.24, 2.45) is 0 Å². The number of hydrogen-bond acceptors (Lipinski definition) is 5. The summed E-state index contributed by atoms with van der Waals surface area (Å²) in [6, 6.07) is 7.86. The third-order valence-electron chi connectivity index (χ3n) is 4.51. The van der Waals surface area contributed by atoms with Crippen molar-refractivity contribution < 1.29 is 14.3 Å². The van der Waals surface area contributed by atoms with Crippen LogP contribution in [0.1, 0.15) is 39.3 Å².